The molecule has 0 aliphatic heterocycles. The Morgan fingerprint density at radius 3 is 2.33 bits per heavy atom. The van der Waals surface area contributed by atoms with Gasteiger partial charge in [0.05, 0.1) is 0 Å². The average molecular weight is 217 g/mol. The van der Waals surface area contributed by atoms with E-state index in [1.54, 1.807) is 0 Å². The molecular weight excluding hydrogens is 203 g/mol. The molecule has 0 atom stereocenters. The Kier molecular flexibility index (Phi) is 3.37. The number of pyridine rings is 1. The van der Waals surface area contributed by atoms with Gasteiger partial charge in [0.1, 0.15) is 5.69 Å². The fourth-order valence-electron chi connectivity index (χ4n) is 1.49. The van der Waals surface area contributed by atoms with Crippen LogP contribution in [-0.2, 0) is 12.6 Å². The molecule has 0 aromatic carbocycles. The summed E-state index contributed by atoms with van der Waals surface area (Å²) in [6.45, 7) is 5.68. The summed E-state index contributed by atoms with van der Waals surface area (Å²) in [7, 11) is 0. The Labute approximate surface area is 87.3 Å². The summed E-state index contributed by atoms with van der Waals surface area (Å²) in [4.78, 5) is 3.44. The van der Waals surface area contributed by atoms with Crippen molar-refractivity contribution in [1.82, 2.24) is 4.98 Å². The van der Waals surface area contributed by atoms with Gasteiger partial charge in [0.2, 0.25) is 0 Å². The zero-order valence-corrected chi connectivity index (χ0v) is 9.02. The van der Waals surface area contributed by atoms with Gasteiger partial charge in [-0.25, -0.2) is 0 Å². The lowest BCUT2D eigenvalue weighted by molar-refractivity contribution is -0.141. The number of hydrogen-bond acceptors (Lipinski definition) is 1. The lowest BCUT2D eigenvalue weighted by atomic mass is 9.97. The first-order valence-corrected chi connectivity index (χ1v) is 4.92. The molecule has 0 bridgehead atoms. The van der Waals surface area contributed by atoms with Crippen LogP contribution in [0.5, 0.6) is 0 Å². The fourth-order valence-corrected chi connectivity index (χ4v) is 1.49. The van der Waals surface area contributed by atoms with Crippen LogP contribution in [0.1, 0.15) is 43.5 Å². The summed E-state index contributed by atoms with van der Waals surface area (Å²) in [6, 6.07) is 1.16. The third-order valence-corrected chi connectivity index (χ3v) is 2.32. The minimum atomic E-state index is -4.35. The number of aryl methyl sites for hydroxylation is 1. The van der Waals surface area contributed by atoms with Gasteiger partial charge in [-0.15, -0.1) is 0 Å². The van der Waals surface area contributed by atoms with E-state index in [4.69, 9.17) is 0 Å². The smallest absolute Gasteiger partial charge is 0.251 e. The van der Waals surface area contributed by atoms with Gasteiger partial charge in [-0.05, 0) is 29.5 Å². The summed E-state index contributed by atoms with van der Waals surface area (Å²) in [5.41, 5.74) is 0.821. The topological polar surface area (TPSA) is 12.9 Å². The molecule has 0 radical (unpaired) electrons. The third kappa shape index (κ3) is 2.70. The molecule has 1 rings (SSSR count). The molecule has 0 saturated carbocycles. The zero-order valence-electron chi connectivity index (χ0n) is 9.02. The maximum atomic E-state index is 12.4. The van der Waals surface area contributed by atoms with Crippen molar-refractivity contribution in [2.75, 3.05) is 0 Å². The van der Waals surface area contributed by atoms with Gasteiger partial charge < -0.3 is 0 Å². The third-order valence-electron chi connectivity index (χ3n) is 2.32. The van der Waals surface area contributed by atoms with Gasteiger partial charge in [0.25, 0.3) is 0 Å². The molecule has 0 spiro atoms. The van der Waals surface area contributed by atoms with E-state index in [2.05, 4.69) is 4.98 Å². The van der Waals surface area contributed by atoms with Crippen LogP contribution in [0.3, 0.4) is 0 Å². The molecule has 0 N–H and O–H groups in total. The summed E-state index contributed by atoms with van der Waals surface area (Å²) in [5.74, 6) is 0.0871. The predicted molar refractivity (Wildman–Crippen MR) is 52.7 cm³/mol. The van der Waals surface area contributed by atoms with Crippen molar-refractivity contribution in [1.29, 1.82) is 0 Å². The first-order valence-electron chi connectivity index (χ1n) is 4.92. The Morgan fingerprint density at radius 1 is 1.33 bits per heavy atom. The SMILES string of the molecule is CCc1cnc(C(F)(F)F)cc1C(C)C. The van der Waals surface area contributed by atoms with Crippen LogP contribution in [0.25, 0.3) is 0 Å². The van der Waals surface area contributed by atoms with Crippen LogP contribution in [0.2, 0.25) is 0 Å². The van der Waals surface area contributed by atoms with Crippen LogP contribution < -0.4 is 0 Å². The minimum absolute atomic E-state index is 0.0871. The van der Waals surface area contributed by atoms with E-state index in [0.29, 0.717) is 6.42 Å². The summed E-state index contributed by atoms with van der Waals surface area (Å²) < 4.78 is 37.2. The normalized spacial score (nSPS) is 12.2. The molecule has 84 valence electrons. The van der Waals surface area contributed by atoms with Crippen molar-refractivity contribution < 1.29 is 13.2 Å². The molecule has 0 aliphatic carbocycles. The second-order valence-electron chi connectivity index (χ2n) is 3.77. The Balaban J connectivity index is 3.22. The standard InChI is InChI=1S/C11H14F3N/c1-4-8-6-15-10(11(12,13)14)5-9(8)7(2)3/h5-7H,4H2,1-3H3. The number of halogens is 3. The van der Waals surface area contributed by atoms with E-state index < -0.39 is 11.9 Å². The van der Waals surface area contributed by atoms with Gasteiger partial charge in [-0.3, -0.25) is 4.98 Å². The summed E-state index contributed by atoms with van der Waals surface area (Å²) >= 11 is 0. The maximum absolute atomic E-state index is 12.4. The Morgan fingerprint density at radius 2 is 1.93 bits per heavy atom. The molecule has 1 nitrogen and oxygen atoms in total. The van der Waals surface area contributed by atoms with Crippen molar-refractivity contribution in [3.05, 3.63) is 29.1 Å². The molecule has 1 heterocycles. The Bertz CT molecular complexity index is 342. The molecule has 0 amide bonds. The van der Waals surface area contributed by atoms with Crippen LogP contribution in [0.15, 0.2) is 12.3 Å². The summed E-state index contributed by atoms with van der Waals surface area (Å²) in [5, 5.41) is 0. The number of hydrogen-bond donors (Lipinski definition) is 0. The average Bonchev–Trinajstić information content (AvgIpc) is 2.15. The molecule has 0 fully saturated rings. The number of nitrogens with zero attached hydrogens (tertiary/aromatic N) is 1. The van der Waals surface area contributed by atoms with Gasteiger partial charge >= 0.3 is 6.18 Å². The van der Waals surface area contributed by atoms with Crippen molar-refractivity contribution >= 4 is 0 Å². The molecule has 1 aromatic heterocycles. The lowest BCUT2D eigenvalue weighted by Gasteiger charge is -2.14. The molecule has 4 heteroatoms. The number of aromatic nitrogens is 1. The van der Waals surface area contributed by atoms with Crippen LogP contribution in [-0.4, -0.2) is 4.98 Å². The van der Waals surface area contributed by atoms with E-state index in [9.17, 15) is 13.2 Å². The maximum Gasteiger partial charge on any atom is 0.433 e. The molecule has 0 unspecified atom stereocenters. The van der Waals surface area contributed by atoms with Crippen molar-refractivity contribution in [3.63, 3.8) is 0 Å². The van der Waals surface area contributed by atoms with Gasteiger partial charge in [-0.2, -0.15) is 13.2 Å². The highest BCUT2D eigenvalue weighted by Gasteiger charge is 2.33. The number of rotatable bonds is 2. The van der Waals surface area contributed by atoms with Crippen LogP contribution in [0.4, 0.5) is 13.2 Å². The number of alkyl halides is 3. The highest BCUT2D eigenvalue weighted by Crippen LogP contribution is 2.30. The van der Waals surface area contributed by atoms with Gasteiger partial charge in [-0.1, -0.05) is 20.8 Å². The van der Waals surface area contributed by atoms with E-state index in [1.807, 2.05) is 20.8 Å². The van der Waals surface area contributed by atoms with E-state index in [-0.39, 0.29) is 5.92 Å². The van der Waals surface area contributed by atoms with E-state index >= 15 is 0 Å². The quantitative estimate of drug-likeness (QED) is 0.734. The largest absolute Gasteiger partial charge is 0.433 e. The van der Waals surface area contributed by atoms with Gasteiger partial charge in [0.15, 0.2) is 0 Å². The second-order valence-corrected chi connectivity index (χ2v) is 3.77. The van der Waals surface area contributed by atoms with Crippen molar-refractivity contribution in [3.8, 4) is 0 Å². The fraction of sp³-hybridized carbons (Fsp3) is 0.545. The summed E-state index contributed by atoms with van der Waals surface area (Å²) in [6.07, 6.45) is -2.31. The van der Waals surface area contributed by atoms with Gasteiger partial charge in [0, 0.05) is 6.20 Å². The molecule has 1 aromatic rings. The second kappa shape index (κ2) is 4.21. The molecule has 0 aliphatic rings. The molecular formula is C11H14F3N. The highest BCUT2D eigenvalue weighted by molar-refractivity contribution is 5.30. The van der Waals surface area contributed by atoms with E-state index in [0.717, 1.165) is 17.2 Å². The first kappa shape index (κ1) is 12.0. The molecule has 15 heavy (non-hydrogen) atoms. The van der Waals surface area contributed by atoms with Crippen molar-refractivity contribution in [2.45, 2.75) is 39.3 Å². The van der Waals surface area contributed by atoms with Crippen molar-refractivity contribution in [2.24, 2.45) is 0 Å². The predicted octanol–water partition coefficient (Wildman–Crippen LogP) is 3.79. The van der Waals surface area contributed by atoms with E-state index in [1.165, 1.54) is 6.20 Å². The van der Waals surface area contributed by atoms with Crippen LogP contribution >= 0.6 is 0 Å². The lowest BCUT2D eigenvalue weighted by Crippen LogP contribution is -2.10. The highest BCUT2D eigenvalue weighted by atomic mass is 19.4. The minimum Gasteiger partial charge on any atom is -0.251 e. The molecule has 0 saturated heterocycles. The zero-order chi connectivity index (χ0) is 11.6. The monoisotopic (exact) mass is 217 g/mol. The van der Waals surface area contributed by atoms with Crippen LogP contribution in [0, 0.1) is 0 Å². The first-order chi connectivity index (χ1) is 6.86. The Hall–Kier alpha value is -1.06.